The van der Waals surface area contributed by atoms with Gasteiger partial charge in [-0.05, 0) is 56.0 Å². The highest BCUT2D eigenvalue weighted by atomic mass is 16.3. The van der Waals surface area contributed by atoms with Crippen LogP contribution in [0.2, 0.25) is 0 Å². The number of phenolic OH excluding ortho intramolecular Hbond substituents is 1. The molecule has 2 aromatic carbocycles. The van der Waals surface area contributed by atoms with Gasteiger partial charge in [-0.3, -0.25) is 4.79 Å². The van der Waals surface area contributed by atoms with E-state index >= 15 is 0 Å². The van der Waals surface area contributed by atoms with Crippen LogP contribution in [-0.2, 0) is 4.79 Å². The quantitative estimate of drug-likeness (QED) is 0.586. The zero-order valence-corrected chi connectivity index (χ0v) is 17.9. The molecule has 1 saturated heterocycles. The number of rotatable bonds is 5. The number of hydrogen-bond donors (Lipinski definition) is 3. The molecule has 3 aromatic rings. The molecule has 0 bridgehead atoms. The van der Waals surface area contributed by atoms with Gasteiger partial charge in [-0.1, -0.05) is 25.1 Å². The summed E-state index contributed by atoms with van der Waals surface area (Å²) in [6.45, 7) is 5.28. The SMILES string of the molecule is CC[C@H](O)C(=O)NC1CCN(c2nc(-c3ccccc3O)nc3cc(C)ccc23)CC1. The second-order valence-corrected chi connectivity index (χ2v) is 8.10. The molecule has 1 aromatic heterocycles. The lowest BCUT2D eigenvalue weighted by molar-refractivity contribution is -0.130. The third kappa shape index (κ3) is 4.46. The third-order valence-corrected chi connectivity index (χ3v) is 5.81. The Morgan fingerprint density at radius 1 is 1.19 bits per heavy atom. The van der Waals surface area contributed by atoms with E-state index in [1.165, 1.54) is 0 Å². The zero-order chi connectivity index (χ0) is 22.0. The number of carbonyl (C=O) groups excluding carboxylic acids is 1. The van der Waals surface area contributed by atoms with Crippen molar-refractivity contribution in [1.29, 1.82) is 0 Å². The van der Waals surface area contributed by atoms with Gasteiger partial charge in [0.25, 0.3) is 0 Å². The van der Waals surface area contributed by atoms with Crippen molar-refractivity contribution < 1.29 is 15.0 Å². The number of phenols is 1. The Morgan fingerprint density at radius 2 is 1.94 bits per heavy atom. The van der Waals surface area contributed by atoms with E-state index in [4.69, 9.17) is 9.97 Å². The van der Waals surface area contributed by atoms with Gasteiger partial charge in [-0.25, -0.2) is 9.97 Å². The van der Waals surface area contributed by atoms with Gasteiger partial charge in [0.15, 0.2) is 5.82 Å². The standard InChI is InChI=1S/C24H28N4O3/c1-3-20(29)24(31)25-16-10-12-28(13-11-16)23-17-9-8-15(2)14-19(17)26-22(27-23)18-6-4-5-7-21(18)30/h4-9,14,16,20,29-30H,3,10-13H2,1-2H3,(H,25,31)/t20-/m0/s1. The fraction of sp³-hybridized carbons (Fsp3) is 0.375. The Bertz CT molecular complexity index is 1090. The highest BCUT2D eigenvalue weighted by Crippen LogP contribution is 2.33. The van der Waals surface area contributed by atoms with E-state index in [-0.39, 0.29) is 17.7 Å². The first-order chi connectivity index (χ1) is 15.0. The molecule has 0 unspecified atom stereocenters. The molecule has 7 heteroatoms. The van der Waals surface area contributed by atoms with E-state index in [1.54, 1.807) is 19.1 Å². The number of aliphatic hydroxyl groups is 1. The molecule has 1 atom stereocenters. The molecule has 2 heterocycles. The normalized spacial score (nSPS) is 15.8. The summed E-state index contributed by atoms with van der Waals surface area (Å²) in [5, 5.41) is 24.0. The minimum atomic E-state index is -0.951. The smallest absolute Gasteiger partial charge is 0.249 e. The molecule has 7 nitrogen and oxygen atoms in total. The molecule has 0 radical (unpaired) electrons. The summed E-state index contributed by atoms with van der Waals surface area (Å²) in [4.78, 5) is 23.8. The van der Waals surface area contributed by atoms with Crippen molar-refractivity contribution in [2.24, 2.45) is 0 Å². The van der Waals surface area contributed by atoms with Gasteiger partial charge in [0, 0.05) is 24.5 Å². The van der Waals surface area contributed by atoms with E-state index in [1.807, 2.05) is 37.3 Å². The summed E-state index contributed by atoms with van der Waals surface area (Å²) in [5.74, 6) is 1.18. The largest absolute Gasteiger partial charge is 0.507 e. The first-order valence-electron chi connectivity index (χ1n) is 10.8. The number of fused-ring (bicyclic) bond motifs is 1. The number of carbonyl (C=O) groups is 1. The number of aryl methyl sites for hydroxylation is 1. The van der Waals surface area contributed by atoms with Gasteiger partial charge in [0.1, 0.15) is 17.7 Å². The number of amides is 1. The fourth-order valence-corrected chi connectivity index (χ4v) is 3.97. The average Bonchev–Trinajstić information content (AvgIpc) is 2.78. The predicted octanol–water partition coefficient (Wildman–Crippen LogP) is 3.17. The highest BCUT2D eigenvalue weighted by molar-refractivity contribution is 5.92. The minimum Gasteiger partial charge on any atom is -0.507 e. The van der Waals surface area contributed by atoms with Crippen molar-refractivity contribution in [2.75, 3.05) is 18.0 Å². The van der Waals surface area contributed by atoms with E-state index in [0.29, 0.717) is 17.8 Å². The number of nitrogens with zero attached hydrogens (tertiary/aromatic N) is 3. The summed E-state index contributed by atoms with van der Waals surface area (Å²) < 4.78 is 0. The van der Waals surface area contributed by atoms with Crippen molar-refractivity contribution in [3.05, 3.63) is 48.0 Å². The molecule has 0 spiro atoms. The molecule has 162 valence electrons. The van der Waals surface area contributed by atoms with Gasteiger partial charge >= 0.3 is 0 Å². The Hall–Kier alpha value is -3.19. The first kappa shape index (κ1) is 21.1. The maximum atomic E-state index is 12.0. The lowest BCUT2D eigenvalue weighted by atomic mass is 10.0. The van der Waals surface area contributed by atoms with E-state index in [2.05, 4.69) is 10.2 Å². The number of hydrogen-bond acceptors (Lipinski definition) is 6. The molecule has 1 fully saturated rings. The van der Waals surface area contributed by atoms with Crippen molar-refractivity contribution in [2.45, 2.75) is 45.3 Å². The average molecular weight is 421 g/mol. The molecular formula is C24H28N4O3. The lowest BCUT2D eigenvalue weighted by Crippen LogP contribution is -2.47. The second-order valence-electron chi connectivity index (χ2n) is 8.10. The predicted molar refractivity (Wildman–Crippen MR) is 121 cm³/mol. The van der Waals surface area contributed by atoms with Gasteiger partial charge in [0.05, 0.1) is 11.1 Å². The molecule has 1 amide bonds. The molecule has 4 rings (SSSR count). The molecule has 1 aliphatic heterocycles. The van der Waals surface area contributed by atoms with Crippen LogP contribution in [-0.4, -0.2) is 51.3 Å². The zero-order valence-electron chi connectivity index (χ0n) is 17.9. The van der Waals surface area contributed by atoms with Crippen LogP contribution >= 0.6 is 0 Å². The first-order valence-corrected chi connectivity index (χ1v) is 10.8. The van der Waals surface area contributed by atoms with Crippen molar-refractivity contribution in [1.82, 2.24) is 15.3 Å². The fourth-order valence-electron chi connectivity index (χ4n) is 3.97. The van der Waals surface area contributed by atoms with Gasteiger partial charge in [-0.2, -0.15) is 0 Å². The number of piperidine rings is 1. The number of para-hydroxylation sites is 1. The van der Waals surface area contributed by atoms with Gasteiger partial charge < -0.3 is 20.4 Å². The molecule has 0 saturated carbocycles. The second kappa shape index (κ2) is 8.89. The van der Waals surface area contributed by atoms with Crippen LogP contribution in [0.15, 0.2) is 42.5 Å². The number of anilines is 1. The van der Waals surface area contributed by atoms with Crippen LogP contribution in [0.3, 0.4) is 0 Å². The Labute approximate surface area is 181 Å². The topological polar surface area (TPSA) is 98.6 Å². The van der Waals surface area contributed by atoms with Crippen LogP contribution < -0.4 is 10.2 Å². The van der Waals surface area contributed by atoms with Crippen LogP contribution in [0.1, 0.15) is 31.7 Å². The molecule has 3 N–H and O–H groups in total. The Morgan fingerprint density at radius 3 is 2.65 bits per heavy atom. The van der Waals surface area contributed by atoms with E-state index in [0.717, 1.165) is 48.2 Å². The summed E-state index contributed by atoms with van der Waals surface area (Å²) in [6.07, 6.45) is 0.997. The summed E-state index contributed by atoms with van der Waals surface area (Å²) >= 11 is 0. The number of nitrogens with one attached hydrogen (secondary N) is 1. The van der Waals surface area contributed by atoms with Gasteiger partial charge in [0.2, 0.25) is 5.91 Å². The molecular weight excluding hydrogens is 392 g/mol. The molecule has 1 aliphatic rings. The number of aromatic hydroxyl groups is 1. The molecule has 0 aliphatic carbocycles. The molecule has 31 heavy (non-hydrogen) atoms. The summed E-state index contributed by atoms with van der Waals surface area (Å²) in [5.41, 5.74) is 2.55. The van der Waals surface area contributed by atoms with Gasteiger partial charge in [-0.15, -0.1) is 0 Å². The monoisotopic (exact) mass is 420 g/mol. The lowest BCUT2D eigenvalue weighted by Gasteiger charge is -2.34. The maximum absolute atomic E-state index is 12.0. The van der Waals surface area contributed by atoms with Crippen molar-refractivity contribution >= 4 is 22.6 Å². The van der Waals surface area contributed by atoms with Crippen LogP contribution in [0, 0.1) is 6.92 Å². The van der Waals surface area contributed by atoms with E-state index in [9.17, 15) is 15.0 Å². The number of aromatic nitrogens is 2. The minimum absolute atomic E-state index is 0.0398. The maximum Gasteiger partial charge on any atom is 0.249 e. The summed E-state index contributed by atoms with van der Waals surface area (Å²) in [7, 11) is 0. The Balaban J connectivity index is 1.63. The number of aliphatic hydroxyl groups excluding tert-OH is 1. The van der Waals surface area contributed by atoms with Crippen molar-refractivity contribution in [3.63, 3.8) is 0 Å². The highest BCUT2D eigenvalue weighted by Gasteiger charge is 2.25. The van der Waals surface area contributed by atoms with Crippen LogP contribution in [0.4, 0.5) is 5.82 Å². The van der Waals surface area contributed by atoms with Crippen LogP contribution in [0.5, 0.6) is 5.75 Å². The van der Waals surface area contributed by atoms with Crippen molar-refractivity contribution in [3.8, 4) is 17.1 Å². The summed E-state index contributed by atoms with van der Waals surface area (Å²) in [6, 6.07) is 13.3. The third-order valence-electron chi connectivity index (χ3n) is 5.81. The number of benzene rings is 2. The Kier molecular flexibility index (Phi) is 6.04. The van der Waals surface area contributed by atoms with E-state index < -0.39 is 6.10 Å². The van der Waals surface area contributed by atoms with Crippen LogP contribution in [0.25, 0.3) is 22.3 Å².